The zero-order valence-corrected chi connectivity index (χ0v) is 14.8. The second kappa shape index (κ2) is 7.49. The highest BCUT2D eigenvalue weighted by Gasteiger charge is 2.13. The first kappa shape index (κ1) is 18.0. The molecule has 1 amide bonds. The third kappa shape index (κ3) is 4.58. The summed E-state index contributed by atoms with van der Waals surface area (Å²) in [6.07, 6.45) is 1.39. The molecule has 0 aliphatic rings. The Morgan fingerprint density at radius 1 is 1.12 bits per heavy atom. The maximum Gasteiger partial charge on any atom is 0.225 e. The van der Waals surface area contributed by atoms with E-state index >= 15 is 0 Å². The normalized spacial score (nSPS) is 12.5. The molecule has 0 aliphatic carbocycles. The number of amides is 1. The quantitative estimate of drug-likeness (QED) is 0.871. The van der Waals surface area contributed by atoms with Crippen molar-refractivity contribution in [3.63, 3.8) is 0 Å². The lowest BCUT2D eigenvalue weighted by Gasteiger charge is -2.15. The van der Waals surface area contributed by atoms with Crippen molar-refractivity contribution >= 4 is 15.7 Å². The molecule has 1 N–H and O–H groups in total. The third-order valence-electron chi connectivity index (χ3n) is 3.73. The Labute approximate surface area is 142 Å². The van der Waals surface area contributed by atoms with Crippen LogP contribution in [0.15, 0.2) is 53.4 Å². The maximum absolute atomic E-state index is 12.2. The summed E-state index contributed by atoms with van der Waals surface area (Å²) in [4.78, 5) is 12.5. The van der Waals surface area contributed by atoms with E-state index in [2.05, 4.69) is 5.32 Å². The topological polar surface area (TPSA) is 72.5 Å². The van der Waals surface area contributed by atoms with Crippen molar-refractivity contribution in [2.75, 3.05) is 13.4 Å². The van der Waals surface area contributed by atoms with E-state index in [9.17, 15) is 13.2 Å². The summed E-state index contributed by atoms with van der Waals surface area (Å²) in [6, 6.07) is 13.7. The Hall–Kier alpha value is -2.34. The molecule has 5 nitrogen and oxygen atoms in total. The van der Waals surface area contributed by atoms with Crippen molar-refractivity contribution in [3.8, 4) is 5.75 Å². The zero-order chi connectivity index (χ0) is 17.7. The van der Waals surface area contributed by atoms with Gasteiger partial charge in [-0.15, -0.1) is 0 Å². The van der Waals surface area contributed by atoms with Gasteiger partial charge in [-0.05, 0) is 30.7 Å². The molecule has 1 atom stereocenters. The summed E-state index contributed by atoms with van der Waals surface area (Å²) in [5.74, 6) is 0.553. The number of carbonyl (C=O) groups is 1. The van der Waals surface area contributed by atoms with Crippen molar-refractivity contribution in [1.82, 2.24) is 5.32 Å². The summed E-state index contributed by atoms with van der Waals surface area (Å²) in [5, 5.41) is 2.91. The monoisotopic (exact) mass is 347 g/mol. The van der Waals surface area contributed by atoms with Crippen molar-refractivity contribution in [2.24, 2.45) is 0 Å². The van der Waals surface area contributed by atoms with Crippen LogP contribution in [0.2, 0.25) is 0 Å². The number of ether oxygens (including phenoxy) is 1. The van der Waals surface area contributed by atoms with Gasteiger partial charge in [0.15, 0.2) is 9.84 Å². The van der Waals surface area contributed by atoms with Crippen molar-refractivity contribution in [1.29, 1.82) is 0 Å². The lowest BCUT2D eigenvalue weighted by Crippen LogP contribution is -2.28. The van der Waals surface area contributed by atoms with Gasteiger partial charge in [0.05, 0.1) is 24.5 Å². The lowest BCUT2D eigenvalue weighted by molar-refractivity contribution is -0.121. The van der Waals surface area contributed by atoms with Gasteiger partial charge < -0.3 is 10.1 Å². The Kier molecular flexibility index (Phi) is 5.62. The molecule has 0 fully saturated rings. The molecule has 6 heteroatoms. The largest absolute Gasteiger partial charge is 0.496 e. The minimum Gasteiger partial charge on any atom is -0.496 e. The fraction of sp³-hybridized carbons (Fsp3) is 0.278. The van der Waals surface area contributed by atoms with Crippen LogP contribution in [0.5, 0.6) is 5.75 Å². The summed E-state index contributed by atoms with van der Waals surface area (Å²) < 4.78 is 28.2. The molecule has 0 saturated carbocycles. The van der Waals surface area contributed by atoms with E-state index in [1.54, 1.807) is 31.4 Å². The van der Waals surface area contributed by atoms with E-state index in [0.717, 1.165) is 11.1 Å². The van der Waals surface area contributed by atoms with Crippen LogP contribution in [0.25, 0.3) is 0 Å². The first-order chi connectivity index (χ1) is 11.3. The number of sulfone groups is 1. The Bertz CT molecular complexity index is 813. The van der Waals surface area contributed by atoms with Gasteiger partial charge in [-0.2, -0.15) is 0 Å². The third-order valence-corrected chi connectivity index (χ3v) is 4.86. The average molecular weight is 347 g/mol. The second-order valence-electron chi connectivity index (χ2n) is 5.62. The van der Waals surface area contributed by atoms with Crippen LogP contribution in [0.3, 0.4) is 0 Å². The summed E-state index contributed by atoms with van der Waals surface area (Å²) in [7, 11) is -1.65. The van der Waals surface area contributed by atoms with Crippen LogP contribution in [-0.2, 0) is 21.1 Å². The van der Waals surface area contributed by atoms with Crippen LogP contribution in [0.4, 0.5) is 0 Å². The Balaban J connectivity index is 2.03. The highest BCUT2D eigenvalue weighted by atomic mass is 32.2. The van der Waals surface area contributed by atoms with Crippen molar-refractivity contribution in [2.45, 2.75) is 24.3 Å². The summed E-state index contributed by atoms with van der Waals surface area (Å²) in [6.45, 7) is 1.86. The first-order valence-electron chi connectivity index (χ1n) is 7.52. The highest BCUT2D eigenvalue weighted by molar-refractivity contribution is 7.90. The predicted octanol–water partition coefficient (Wildman–Crippen LogP) is 2.52. The molecule has 0 spiro atoms. The number of para-hydroxylation sites is 1. The molecule has 2 rings (SSSR count). The fourth-order valence-corrected chi connectivity index (χ4v) is 3.03. The minimum atomic E-state index is -3.22. The van der Waals surface area contributed by atoms with Crippen LogP contribution >= 0.6 is 0 Å². The van der Waals surface area contributed by atoms with E-state index in [4.69, 9.17) is 4.74 Å². The summed E-state index contributed by atoms with van der Waals surface area (Å²) in [5.41, 5.74) is 1.66. The average Bonchev–Trinajstić information content (AvgIpc) is 2.54. The van der Waals surface area contributed by atoms with Gasteiger partial charge in [-0.3, -0.25) is 4.79 Å². The number of rotatable bonds is 6. The molecule has 0 bridgehead atoms. The van der Waals surface area contributed by atoms with E-state index in [0.29, 0.717) is 5.75 Å². The Morgan fingerprint density at radius 2 is 1.75 bits per heavy atom. The number of methoxy groups -OCH3 is 1. The van der Waals surface area contributed by atoms with Crippen LogP contribution in [0.1, 0.15) is 24.1 Å². The first-order valence-corrected chi connectivity index (χ1v) is 9.41. The SMILES string of the molecule is COc1ccccc1CC(=O)N[C@H](C)c1ccc(S(C)(=O)=O)cc1. The standard InChI is InChI=1S/C18H21NO4S/c1-13(14-8-10-16(11-9-14)24(3,21)22)19-18(20)12-15-6-4-5-7-17(15)23-2/h4-11,13H,12H2,1-3H3,(H,19,20)/t13-/m1/s1. The second-order valence-corrected chi connectivity index (χ2v) is 7.63. The number of benzene rings is 2. The maximum atomic E-state index is 12.2. The molecule has 24 heavy (non-hydrogen) atoms. The zero-order valence-electron chi connectivity index (χ0n) is 13.9. The molecular weight excluding hydrogens is 326 g/mol. The molecule has 2 aromatic rings. The van der Waals surface area contributed by atoms with Crippen molar-refractivity contribution < 1.29 is 17.9 Å². The molecule has 128 valence electrons. The molecule has 0 aromatic heterocycles. The number of nitrogens with one attached hydrogen (secondary N) is 1. The predicted molar refractivity (Wildman–Crippen MR) is 92.8 cm³/mol. The molecule has 2 aromatic carbocycles. The smallest absolute Gasteiger partial charge is 0.225 e. The van der Waals surface area contributed by atoms with Crippen LogP contribution in [-0.4, -0.2) is 27.7 Å². The minimum absolute atomic E-state index is 0.126. The number of hydrogen-bond acceptors (Lipinski definition) is 4. The molecule has 0 heterocycles. The van der Waals surface area contributed by atoms with Gasteiger partial charge in [0.25, 0.3) is 0 Å². The molecule has 0 radical (unpaired) electrons. The van der Waals surface area contributed by atoms with Gasteiger partial charge in [0.1, 0.15) is 5.75 Å². The van der Waals surface area contributed by atoms with Gasteiger partial charge in [-0.1, -0.05) is 30.3 Å². The van der Waals surface area contributed by atoms with Gasteiger partial charge >= 0.3 is 0 Å². The number of hydrogen-bond donors (Lipinski definition) is 1. The van der Waals surface area contributed by atoms with E-state index in [1.165, 1.54) is 6.26 Å². The van der Waals surface area contributed by atoms with Gasteiger partial charge in [0, 0.05) is 11.8 Å². The van der Waals surface area contributed by atoms with Gasteiger partial charge in [0.2, 0.25) is 5.91 Å². The number of carbonyl (C=O) groups excluding carboxylic acids is 1. The molecule has 0 saturated heterocycles. The highest BCUT2D eigenvalue weighted by Crippen LogP contribution is 2.19. The van der Waals surface area contributed by atoms with E-state index in [-0.39, 0.29) is 23.3 Å². The van der Waals surface area contributed by atoms with Crippen LogP contribution < -0.4 is 10.1 Å². The molecule has 0 unspecified atom stereocenters. The molecule has 0 aliphatic heterocycles. The fourth-order valence-electron chi connectivity index (χ4n) is 2.40. The summed E-state index contributed by atoms with van der Waals surface area (Å²) >= 11 is 0. The van der Waals surface area contributed by atoms with E-state index in [1.807, 2.05) is 31.2 Å². The molecular formula is C18H21NO4S. The lowest BCUT2D eigenvalue weighted by atomic mass is 10.1. The van der Waals surface area contributed by atoms with Crippen molar-refractivity contribution in [3.05, 3.63) is 59.7 Å². The van der Waals surface area contributed by atoms with E-state index < -0.39 is 9.84 Å². The van der Waals surface area contributed by atoms with Gasteiger partial charge in [-0.25, -0.2) is 8.42 Å². The van der Waals surface area contributed by atoms with Crippen LogP contribution in [0, 0.1) is 0 Å². The Morgan fingerprint density at radius 3 is 2.33 bits per heavy atom.